The summed E-state index contributed by atoms with van der Waals surface area (Å²) < 4.78 is 1.18. The molecular weight excluding hydrogens is 228 g/mol. The Balaban J connectivity index is 2.36. The van der Waals surface area contributed by atoms with Crippen molar-refractivity contribution in [2.45, 2.75) is 0 Å². The molecule has 0 saturated carbocycles. The second kappa shape index (κ2) is 4.00. The summed E-state index contributed by atoms with van der Waals surface area (Å²) in [5, 5.41) is 9.32. The Kier molecular flexibility index (Phi) is 2.34. The van der Waals surface area contributed by atoms with Gasteiger partial charge in [0.2, 0.25) is 0 Å². The Morgan fingerprint density at radius 1 is 1.17 bits per heavy atom. The molecule has 1 radical (unpaired) electrons. The standard InChI is InChI=1S/C14H9N2O2/c17-14(18)16-12-9-5-4-8-11(12)15-13(16)10-6-2-1-3-7-10/h1-7,9H,(H,17,18). The van der Waals surface area contributed by atoms with Gasteiger partial charge in [-0.1, -0.05) is 42.5 Å². The fourth-order valence-electron chi connectivity index (χ4n) is 1.93. The molecule has 1 aromatic heterocycles. The zero-order valence-corrected chi connectivity index (χ0v) is 9.37. The molecule has 87 valence electrons. The highest BCUT2D eigenvalue weighted by molar-refractivity contribution is 5.90. The lowest BCUT2D eigenvalue weighted by Gasteiger charge is -2.02. The van der Waals surface area contributed by atoms with E-state index in [-0.39, 0.29) is 0 Å². The molecular formula is C14H9N2O2. The number of nitrogens with zero attached hydrogens (tertiary/aromatic N) is 2. The second-order valence-corrected chi connectivity index (χ2v) is 3.82. The lowest BCUT2D eigenvalue weighted by atomic mass is 10.2. The fraction of sp³-hybridized carbons (Fsp3) is 0. The number of carboxylic acid groups (broad SMARTS) is 1. The molecule has 1 N–H and O–H groups in total. The van der Waals surface area contributed by atoms with Crippen LogP contribution in [0.3, 0.4) is 0 Å². The van der Waals surface area contributed by atoms with Gasteiger partial charge in [-0.25, -0.2) is 14.3 Å². The second-order valence-electron chi connectivity index (χ2n) is 3.82. The molecule has 2 aromatic carbocycles. The Morgan fingerprint density at radius 3 is 2.67 bits per heavy atom. The van der Waals surface area contributed by atoms with Crippen LogP contribution in [-0.4, -0.2) is 20.8 Å². The van der Waals surface area contributed by atoms with Crippen molar-refractivity contribution in [3.63, 3.8) is 0 Å². The Labute approximate surface area is 103 Å². The molecule has 1 heterocycles. The molecule has 0 spiro atoms. The zero-order valence-electron chi connectivity index (χ0n) is 9.37. The summed E-state index contributed by atoms with van der Waals surface area (Å²) in [5.74, 6) is 0.417. The Bertz CT molecular complexity index is 717. The van der Waals surface area contributed by atoms with E-state index in [9.17, 15) is 9.90 Å². The van der Waals surface area contributed by atoms with Gasteiger partial charge in [0.25, 0.3) is 0 Å². The first kappa shape index (κ1) is 10.5. The molecule has 4 nitrogen and oxygen atoms in total. The zero-order chi connectivity index (χ0) is 12.5. The van der Waals surface area contributed by atoms with Crippen LogP contribution >= 0.6 is 0 Å². The van der Waals surface area contributed by atoms with Crippen LogP contribution in [0.15, 0.2) is 48.5 Å². The maximum absolute atomic E-state index is 11.4. The Hall–Kier alpha value is -2.62. The number of hydrogen-bond acceptors (Lipinski definition) is 2. The molecule has 0 amide bonds. The summed E-state index contributed by atoms with van der Waals surface area (Å²) >= 11 is 0. The van der Waals surface area contributed by atoms with Crippen LogP contribution in [0.5, 0.6) is 0 Å². The monoisotopic (exact) mass is 237 g/mol. The van der Waals surface area contributed by atoms with E-state index < -0.39 is 6.09 Å². The number of aromatic nitrogens is 2. The van der Waals surface area contributed by atoms with Crippen molar-refractivity contribution in [2.24, 2.45) is 0 Å². The smallest absolute Gasteiger partial charge is 0.417 e. The van der Waals surface area contributed by atoms with Gasteiger partial charge in [0, 0.05) is 11.6 Å². The van der Waals surface area contributed by atoms with Crippen molar-refractivity contribution in [1.29, 1.82) is 0 Å². The maximum atomic E-state index is 11.4. The average Bonchev–Trinajstić information content (AvgIpc) is 2.79. The van der Waals surface area contributed by atoms with Crippen molar-refractivity contribution < 1.29 is 9.90 Å². The lowest BCUT2D eigenvalue weighted by molar-refractivity contribution is 0.197. The van der Waals surface area contributed by atoms with Gasteiger partial charge in [-0.3, -0.25) is 0 Å². The van der Waals surface area contributed by atoms with Crippen LogP contribution in [0, 0.1) is 6.07 Å². The summed E-state index contributed by atoms with van der Waals surface area (Å²) in [6.07, 6.45) is -1.05. The van der Waals surface area contributed by atoms with Gasteiger partial charge in [0.1, 0.15) is 0 Å². The minimum atomic E-state index is -1.05. The van der Waals surface area contributed by atoms with E-state index in [0.717, 1.165) is 5.56 Å². The van der Waals surface area contributed by atoms with E-state index in [2.05, 4.69) is 11.1 Å². The molecule has 0 fully saturated rings. The molecule has 3 rings (SSSR count). The van der Waals surface area contributed by atoms with Gasteiger partial charge in [0.05, 0.1) is 11.0 Å². The van der Waals surface area contributed by atoms with E-state index in [1.807, 2.05) is 30.3 Å². The molecule has 0 unspecified atom stereocenters. The van der Waals surface area contributed by atoms with Gasteiger partial charge in [-0.15, -0.1) is 0 Å². The number of hydrogen-bond donors (Lipinski definition) is 1. The minimum Gasteiger partial charge on any atom is -0.464 e. The van der Waals surface area contributed by atoms with E-state index in [1.165, 1.54) is 4.57 Å². The van der Waals surface area contributed by atoms with Crippen LogP contribution in [0.25, 0.3) is 22.4 Å². The minimum absolute atomic E-state index is 0.417. The van der Waals surface area contributed by atoms with Crippen molar-refractivity contribution in [3.8, 4) is 11.4 Å². The van der Waals surface area contributed by atoms with Gasteiger partial charge in [-0.05, 0) is 6.07 Å². The first-order valence-electron chi connectivity index (χ1n) is 5.45. The average molecular weight is 237 g/mol. The molecule has 4 heteroatoms. The van der Waals surface area contributed by atoms with E-state index in [4.69, 9.17) is 0 Å². The predicted molar refractivity (Wildman–Crippen MR) is 67.4 cm³/mol. The third-order valence-corrected chi connectivity index (χ3v) is 2.71. The fourth-order valence-corrected chi connectivity index (χ4v) is 1.93. The van der Waals surface area contributed by atoms with Crippen LogP contribution in [0.1, 0.15) is 0 Å². The van der Waals surface area contributed by atoms with Gasteiger partial charge in [0.15, 0.2) is 5.82 Å². The van der Waals surface area contributed by atoms with Crippen LogP contribution in [0.2, 0.25) is 0 Å². The molecule has 0 aliphatic heterocycles. The number of imidazole rings is 1. The number of para-hydroxylation sites is 1. The quantitative estimate of drug-likeness (QED) is 0.707. The van der Waals surface area contributed by atoms with Crippen molar-refractivity contribution in [1.82, 2.24) is 9.55 Å². The van der Waals surface area contributed by atoms with Crippen molar-refractivity contribution in [2.75, 3.05) is 0 Å². The predicted octanol–water partition coefficient (Wildman–Crippen LogP) is 3.03. The summed E-state index contributed by atoms with van der Waals surface area (Å²) in [6, 6.07) is 17.4. The molecule has 0 atom stereocenters. The highest BCUT2D eigenvalue weighted by Gasteiger charge is 2.16. The van der Waals surface area contributed by atoms with E-state index in [0.29, 0.717) is 16.9 Å². The molecule has 3 aromatic rings. The van der Waals surface area contributed by atoms with Gasteiger partial charge < -0.3 is 5.11 Å². The molecule has 18 heavy (non-hydrogen) atoms. The lowest BCUT2D eigenvalue weighted by Crippen LogP contribution is -2.09. The number of benzene rings is 2. The van der Waals surface area contributed by atoms with Crippen LogP contribution < -0.4 is 0 Å². The highest BCUT2D eigenvalue weighted by Crippen LogP contribution is 2.23. The van der Waals surface area contributed by atoms with Gasteiger partial charge >= 0.3 is 6.09 Å². The van der Waals surface area contributed by atoms with Crippen LogP contribution in [-0.2, 0) is 0 Å². The Morgan fingerprint density at radius 2 is 1.94 bits per heavy atom. The van der Waals surface area contributed by atoms with E-state index in [1.54, 1.807) is 18.2 Å². The molecule has 0 saturated heterocycles. The van der Waals surface area contributed by atoms with Crippen molar-refractivity contribution in [3.05, 3.63) is 54.6 Å². The largest absolute Gasteiger partial charge is 0.464 e. The van der Waals surface area contributed by atoms with Crippen LogP contribution in [0.4, 0.5) is 4.79 Å². The normalized spacial score (nSPS) is 10.7. The number of rotatable bonds is 1. The first-order chi connectivity index (χ1) is 8.77. The maximum Gasteiger partial charge on any atom is 0.417 e. The molecule has 0 aliphatic carbocycles. The summed E-state index contributed by atoms with van der Waals surface area (Å²) in [4.78, 5) is 15.7. The third kappa shape index (κ3) is 1.55. The first-order valence-corrected chi connectivity index (χ1v) is 5.45. The van der Waals surface area contributed by atoms with E-state index >= 15 is 0 Å². The third-order valence-electron chi connectivity index (χ3n) is 2.71. The van der Waals surface area contributed by atoms with Crippen molar-refractivity contribution >= 4 is 17.1 Å². The molecule has 0 aliphatic rings. The highest BCUT2D eigenvalue weighted by atomic mass is 16.4. The SMILES string of the molecule is O=C(O)n1c(-c2ccccc2)nc2[c]cccc21. The topological polar surface area (TPSA) is 55.1 Å². The summed E-state index contributed by atoms with van der Waals surface area (Å²) in [5.41, 5.74) is 1.87. The number of carbonyl (C=O) groups is 1. The number of fused-ring (bicyclic) bond motifs is 1. The molecule has 0 bridgehead atoms. The van der Waals surface area contributed by atoms with Gasteiger partial charge in [-0.2, -0.15) is 0 Å². The summed E-state index contributed by atoms with van der Waals surface area (Å²) in [7, 11) is 0. The summed E-state index contributed by atoms with van der Waals surface area (Å²) in [6.45, 7) is 0.